The molecular formula is C21H18F3N3O3. The van der Waals surface area contributed by atoms with Gasteiger partial charge in [-0.1, -0.05) is 30.3 Å². The number of alkyl halides is 3. The van der Waals surface area contributed by atoms with E-state index in [2.05, 4.69) is 38.8 Å². The molecule has 2 aromatic heterocycles. The number of benzene rings is 2. The molecule has 0 amide bonds. The molecule has 0 aliphatic carbocycles. The smallest absolute Gasteiger partial charge is 0.430 e. The summed E-state index contributed by atoms with van der Waals surface area (Å²) in [6, 6.07) is 14.2. The Labute approximate surface area is 169 Å². The Morgan fingerprint density at radius 1 is 1.20 bits per heavy atom. The van der Waals surface area contributed by atoms with Crippen molar-refractivity contribution in [1.82, 2.24) is 4.57 Å². The maximum Gasteiger partial charge on any atom is 0.430 e. The molecular weight excluding hydrogens is 399 g/mol. The van der Waals surface area contributed by atoms with Gasteiger partial charge in [-0.2, -0.15) is 17.7 Å². The van der Waals surface area contributed by atoms with Crippen molar-refractivity contribution in [2.24, 2.45) is 7.05 Å². The van der Waals surface area contributed by atoms with E-state index >= 15 is 0 Å². The van der Waals surface area contributed by atoms with Crippen LogP contribution in [-0.4, -0.2) is 23.8 Å². The molecule has 2 aromatic carbocycles. The Kier molecular flexibility index (Phi) is 5.64. The van der Waals surface area contributed by atoms with Crippen molar-refractivity contribution < 1.29 is 27.6 Å². The molecule has 0 bridgehead atoms. The molecule has 0 saturated heterocycles. The summed E-state index contributed by atoms with van der Waals surface area (Å²) in [5, 5.41) is 14.0. The van der Waals surface area contributed by atoms with Crippen LogP contribution in [0.4, 0.5) is 18.9 Å². The number of pyridine rings is 1. The topological polar surface area (TPSA) is 78.0 Å². The Morgan fingerprint density at radius 2 is 1.83 bits per heavy atom. The number of aliphatic carboxylic acids is 1. The van der Waals surface area contributed by atoms with Gasteiger partial charge in [-0.25, -0.2) is 0 Å². The number of aromatic nitrogens is 2. The predicted octanol–water partition coefficient (Wildman–Crippen LogP) is 1.81. The lowest BCUT2D eigenvalue weighted by molar-refractivity contribution is -0.659. The van der Waals surface area contributed by atoms with Crippen molar-refractivity contribution >= 4 is 33.5 Å². The molecule has 0 radical (unpaired) electrons. The highest BCUT2D eigenvalue weighted by atomic mass is 19.4. The van der Waals surface area contributed by atoms with E-state index in [-0.39, 0.29) is 5.43 Å². The van der Waals surface area contributed by atoms with E-state index in [0.717, 1.165) is 21.8 Å². The predicted molar refractivity (Wildman–Crippen MR) is 104 cm³/mol. The minimum atomic E-state index is -5.19. The van der Waals surface area contributed by atoms with Crippen LogP contribution in [0.3, 0.4) is 0 Å². The van der Waals surface area contributed by atoms with Crippen LogP contribution in [0.25, 0.3) is 21.8 Å². The maximum absolute atomic E-state index is 12.9. The van der Waals surface area contributed by atoms with Gasteiger partial charge in [0.1, 0.15) is 5.97 Å². The maximum atomic E-state index is 12.9. The first-order valence-corrected chi connectivity index (χ1v) is 8.91. The second-order valence-corrected chi connectivity index (χ2v) is 6.66. The van der Waals surface area contributed by atoms with Crippen LogP contribution < -0.4 is 20.4 Å². The number of nitrogens with zero attached hydrogens (tertiary/aromatic N) is 2. The van der Waals surface area contributed by atoms with Crippen molar-refractivity contribution in [2.75, 3.05) is 12.4 Å². The van der Waals surface area contributed by atoms with Gasteiger partial charge < -0.3 is 19.8 Å². The zero-order valence-electron chi connectivity index (χ0n) is 16.2. The minimum absolute atomic E-state index is 0.0529. The fourth-order valence-electron chi connectivity index (χ4n) is 3.26. The largest absolute Gasteiger partial charge is 0.542 e. The Morgan fingerprint density at radius 3 is 2.40 bits per heavy atom. The van der Waals surface area contributed by atoms with Crippen LogP contribution in [0.15, 0.2) is 59.7 Å². The van der Waals surface area contributed by atoms with Crippen LogP contribution in [-0.2, 0) is 18.4 Å². The van der Waals surface area contributed by atoms with Crippen molar-refractivity contribution in [2.45, 2.75) is 12.7 Å². The third kappa shape index (κ3) is 4.05. The number of hydrogen-bond donors (Lipinski definition) is 1. The summed E-state index contributed by atoms with van der Waals surface area (Å²) in [4.78, 5) is 21.6. The molecule has 4 aromatic rings. The summed E-state index contributed by atoms with van der Waals surface area (Å²) in [5.74, 6) is -3.01. The molecule has 4 rings (SSSR count). The van der Waals surface area contributed by atoms with Gasteiger partial charge in [0.25, 0.3) is 10.9 Å². The number of carboxylic acid groups (broad SMARTS) is 1. The number of rotatable bonds is 3. The summed E-state index contributed by atoms with van der Waals surface area (Å²) in [6.45, 7) is 0.691. The molecule has 9 heteroatoms. The van der Waals surface area contributed by atoms with Crippen LogP contribution in [0.5, 0.6) is 0 Å². The van der Waals surface area contributed by atoms with E-state index in [1.165, 1.54) is 5.56 Å². The second kappa shape index (κ2) is 8.02. The number of halogens is 3. The van der Waals surface area contributed by atoms with E-state index in [1.54, 1.807) is 7.05 Å². The number of aryl methyl sites for hydroxylation is 1. The first-order chi connectivity index (χ1) is 14.1. The van der Waals surface area contributed by atoms with Gasteiger partial charge in [-0.15, -0.1) is 0 Å². The molecule has 0 aliphatic heterocycles. The molecule has 156 valence electrons. The summed E-state index contributed by atoms with van der Waals surface area (Å²) < 4.78 is 35.7. The Balaban J connectivity index is 0.000000318. The Hall–Kier alpha value is -3.62. The molecule has 30 heavy (non-hydrogen) atoms. The number of carbonyl (C=O) groups is 1. The molecule has 6 nitrogen and oxygen atoms in total. The molecule has 0 spiro atoms. The van der Waals surface area contributed by atoms with E-state index in [1.807, 2.05) is 37.5 Å². The van der Waals surface area contributed by atoms with Gasteiger partial charge >= 0.3 is 6.18 Å². The van der Waals surface area contributed by atoms with Gasteiger partial charge in [-0.3, -0.25) is 4.79 Å². The van der Waals surface area contributed by atoms with E-state index < -0.39 is 12.1 Å². The first kappa shape index (κ1) is 21.1. The normalized spacial score (nSPS) is 11.4. The summed E-state index contributed by atoms with van der Waals surface area (Å²) in [7, 11) is 3.80. The number of carboxylic acids is 1. The molecule has 2 heterocycles. The van der Waals surface area contributed by atoms with Crippen LogP contribution >= 0.6 is 0 Å². The standard InChI is InChI=1S/C19H17N3O.C2HF3O2/c1-20-15-10-16-17-14(8-9-21(16)2)12-22(18(17)19(15)23)11-13-6-4-3-5-7-13;3-2(4,5)1(6)7/h3-10,12H,11H2,1-2H3;(H,6,7). The van der Waals surface area contributed by atoms with E-state index in [4.69, 9.17) is 9.90 Å². The molecule has 0 atom stereocenters. The van der Waals surface area contributed by atoms with Crippen LogP contribution in [0, 0.1) is 0 Å². The molecule has 0 fully saturated rings. The first-order valence-electron chi connectivity index (χ1n) is 8.91. The summed E-state index contributed by atoms with van der Waals surface area (Å²) >= 11 is 0. The van der Waals surface area contributed by atoms with Crippen molar-refractivity contribution in [3.63, 3.8) is 0 Å². The molecule has 0 aliphatic rings. The van der Waals surface area contributed by atoms with Crippen molar-refractivity contribution in [3.05, 3.63) is 70.6 Å². The van der Waals surface area contributed by atoms with Crippen LogP contribution in [0.1, 0.15) is 5.56 Å². The van der Waals surface area contributed by atoms with E-state index in [0.29, 0.717) is 12.2 Å². The second-order valence-electron chi connectivity index (χ2n) is 6.66. The third-order valence-corrected chi connectivity index (χ3v) is 4.66. The minimum Gasteiger partial charge on any atom is -0.542 e. The van der Waals surface area contributed by atoms with Gasteiger partial charge in [-0.05, 0) is 12.1 Å². The third-order valence-electron chi connectivity index (χ3n) is 4.66. The Bertz CT molecular complexity index is 1250. The number of nitrogens with one attached hydrogen (secondary N) is 1. The average Bonchev–Trinajstić information content (AvgIpc) is 3.06. The highest BCUT2D eigenvalue weighted by Crippen LogP contribution is 2.25. The lowest BCUT2D eigenvalue weighted by Gasteiger charge is -2.06. The monoisotopic (exact) mass is 417 g/mol. The summed E-state index contributed by atoms with van der Waals surface area (Å²) in [6.07, 6.45) is -1.08. The lowest BCUT2D eigenvalue weighted by atomic mass is 10.1. The van der Waals surface area contributed by atoms with E-state index in [9.17, 15) is 18.0 Å². The average molecular weight is 417 g/mol. The van der Waals surface area contributed by atoms with Crippen molar-refractivity contribution in [1.29, 1.82) is 0 Å². The lowest BCUT2D eigenvalue weighted by Crippen LogP contribution is -2.37. The zero-order chi connectivity index (χ0) is 22.1. The van der Waals surface area contributed by atoms with Gasteiger partial charge in [0.15, 0.2) is 12.7 Å². The van der Waals surface area contributed by atoms with Crippen LogP contribution in [0.2, 0.25) is 0 Å². The summed E-state index contributed by atoms with van der Waals surface area (Å²) in [5.41, 5.74) is 3.70. The number of anilines is 1. The quantitative estimate of drug-likeness (QED) is 0.516. The SMILES string of the molecule is CNc1cc2c3c(ccn2C)c[n+](Cc2ccccc2)c3c1=O.O=C([O-])C(F)(F)F. The zero-order valence-corrected chi connectivity index (χ0v) is 16.2. The van der Waals surface area contributed by atoms with Gasteiger partial charge in [0.2, 0.25) is 0 Å². The van der Waals surface area contributed by atoms with Crippen molar-refractivity contribution in [3.8, 4) is 0 Å². The molecule has 0 saturated carbocycles. The highest BCUT2D eigenvalue weighted by molar-refractivity contribution is 6.07. The number of carbonyl (C=O) groups excluding carboxylic acids is 1. The molecule has 0 unspecified atom stereocenters. The fourth-order valence-corrected chi connectivity index (χ4v) is 3.26. The fraction of sp³-hybridized carbons (Fsp3) is 0.190. The highest BCUT2D eigenvalue weighted by Gasteiger charge is 2.28. The van der Waals surface area contributed by atoms with Gasteiger partial charge in [0, 0.05) is 25.9 Å². The van der Waals surface area contributed by atoms with Gasteiger partial charge in [0.05, 0.1) is 22.0 Å². The number of hydrogen-bond acceptors (Lipinski definition) is 4. The molecule has 1 N–H and O–H groups in total.